The minimum absolute atomic E-state index is 0.0486. The molecule has 0 saturated carbocycles. The number of carbonyl (C=O) groups is 3. The second-order valence-corrected chi connectivity index (χ2v) is 6.15. The molecule has 1 amide bonds. The van der Waals surface area contributed by atoms with Crippen LogP contribution in [-0.4, -0.2) is 36.0 Å². The van der Waals surface area contributed by atoms with Gasteiger partial charge >= 0.3 is 0 Å². The highest BCUT2D eigenvalue weighted by atomic mass is 32.2. The average Bonchev–Trinajstić information content (AvgIpc) is 2.46. The molecule has 1 unspecified atom stereocenters. The summed E-state index contributed by atoms with van der Waals surface area (Å²) >= 11 is 1.74. The number of thioether (sulfide) groups is 1. The van der Waals surface area contributed by atoms with Gasteiger partial charge < -0.3 is 5.32 Å². The Morgan fingerprint density at radius 1 is 1.05 bits per heavy atom. The van der Waals surface area contributed by atoms with E-state index in [1.165, 1.54) is 0 Å². The van der Waals surface area contributed by atoms with Crippen LogP contribution >= 0.6 is 11.8 Å². The smallest absolute Gasteiger partial charge is 0.219 e. The first-order chi connectivity index (χ1) is 9.54. The minimum Gasteiger partial charge on any atom is -0.359 e. The fourth-order valence-corrected chi connectivity index (χ4v) is 2.56. The van der Waals surface area contributed by atoms with Gasteiger partial charge in [0.05, 0.1) is 0 Å². The van der Waals surface area contributed by atoms with E-state index < -0.39 is 0 Å². The quantitative estimate of drug-likeness (QED) is 0.563. The summed E-state index contributed by atoms with van der Waals surface area (Å²) in [6, 6.07) is 0. The Kier molecular flexibility index (Phi) is 11.4. The van der Waals surface area contributed by atoms with E-state index in [1.54, 1.807) is 18.8 Å². The van der Waals surface area contributed by atoms with Crippen molar-refractivity contribution < 1.29 is 14.4 Å². The van der Waals surface area contributed by atoms with E-state index in [2.05, 4.69) is 12.2 Å². The predicted molar refractivity (Wildman–Crippen MR) is 83.9 cm³/mol. The molecular formula is C15H27NO3S. The lowest BCUT2D eigenvalue weighted by Crippen LogP contribution is -2.22. The molecule has 0 aliphatic rings. The lowest BCUT2D eigenvalue weighted by atomic mass is 9.90. The summed E-state index contributed by atoms with van der Waals surface area (Å²) in [6.07, 6.45) is 2.99. The molecule has 0 radical (unpaired) electrons. The lowest BCUT2D eigenvalue weighted by Gasteiger charge is -2.15. The van der Waals surface area contributed by atoms with Gasteiger partial charge in [0.15, 0.2) is 0 Å². The highest BCUT2D eigenvalue weighted by molar-refractivity contribution is 7.99. The van der Waals surface area contributed by atoms with Gasteiger partial charge in [0.25, 0.3) is 0 Å². The lowest BCUT2D eigenvalue weighted by molar-refractivity contribution is -0.124. The molecule has 0 saturated heterocycles. The predicted octanol–water partition coefficient (Wildman–Crippen LogP) is 2.60. The van der Waals surface area contributed by atoms with Crippen molar-refractivity contribution in [3.8, 4) is 0 Å². The topological polar surface area (TPSA) is 63.2 Å². The van der Waals surface area contributed by atoms with Gasteiger partial charge in [-0.25, -0.2) is 0 Å². The molecule has 0 aliphatic carbocycles. The fourth-order valence-electron chi connectivity index (χ4n) is 1.93. The number of Topliss-reactive ketones (excluding diaryl/α,β-unsaturated/α-hetero) is 2. The molecule has 4 nitrogen and oxygen atoms in total. The van der Waals surface area contributed by atoms with Crippen LogP contribution in [0.25, 0.3) is 0 Å². The van der Waals surface area contributed by atoms with Gasteiger partial charge in [-0.2, -0.15) is 11.8 Å². The Hall–Kier alpha value is -0.840. The van der Waals surface area contributed by atoms with Crippen molar-refractivity contribution >= 4 is 29.2 Å². The summed E-state index contributed by atoms with van der Waals surface area (Å²) in [5.74, 6) is 2.01. The zero-order chi connectivity index (χ0) is 15.4. The maximum Gasteiger partial charge on any atom is 0.219 e. The molecule has 0 aromatic carbocycles. The largest absolute Gasteiger partial charge is 0.359 e. The van der Waals surface area contributed by atoms with E-state index in [4.69, 9.17) is 0 Å². The number of ketones is 2. The number of hydrogen-bond donors (Lipinski definition) is 1. The highest BCUT2D eigenvalue weighted by Gasteiger charge is 2.19. The van der Waals surface area contributed by atoms with Gasteiger partial charge in [0, 0.05) is 44.4 Å². The third kappa shape index (κ3) is 9.13. The van der Waals surface area contributed by atoms with Crippen LogP contribution in [0.2, 0.25) is 0 Å². The molecule has 20 heavy (non-hydrogen) atoms. The molecule has 1 N–H and O–H groups in total. The molecule has 0 spiro atoms. The van der Waals surface area contributed by atoms with Crippen LogP contribution < -0.4 is 5.32 Å². The van der Waals surface area contributed by atoms with Gasteiger partial charge in [0.1, 0.15) is 11.6 Å². The Morgan fingerprint density at radius 3 is 2.25 bits per heavy atom. The molecule has 5 heteroatoms. The van der Waals surface area contributed by atoms with Gasteiger partial charge in [-0.05, 0) is 18.6 Å². The third-order valence-electron chi connectivity index (χ3n) is 3.32. The Labute approximate surface area is 126 Å². The van der Waals surface area contributed by atoms with Crippen molar-refractivity contribution in [3.63, 3.8) is 0 Å². The van der Waals surface area contributed by atoms with Crippen LogP contribution in [0.5, 0.6) is 0 Å². The maximum atomic E-state index is 12.2. The second kappa shape index (κ2) is 11.9. The summed E-state index contributed by atoms with van der Waals surface area (Å²) in [6.45, 7) is 3.90. The molecule has 0 rings (SSSR count). The van der Waals surface area contributed by atoms with Crippen LogP contribution in [0.1, 0.15) is 52.4 Å². The SMILES string of the molecule is CCSCCC(=O)C(CCC(=O)CC)CCC(=O)NC. The number of rotatable bonds is 12. The summed E-state index contributed by atoms with van der Waals surface area (Å²) in [5, 5.41) is 2.57. The molecular weight excluding hydrogens is 274 g/mol. The monoisotopic (exact) mass is 301 g/mol. The molecule has 0 bridgehead atoms. The van der Waals surface area contributed by atoms with Crippen LogP contribution in [0.4, 0.5) is 0 Å². The molecule has 0 aliphatic heterocycles. The van der Waals surface area contributed by atoms with Crippen molar-refractivity contribution in [2.75, 3.05) is 18.6 Å². The van der Waals surface area contributed by atoms with Gasteiger partial charge in [-0.15, -0.1) is 0 Å². The van der Waals surface area contributed by atoms with Crippen molar-refractivity contribution in [1.82, 2.24) is 5.32 Å². The minimum atomic E-state index is -0.153. The summed E-state index contributed by atoms with van der Waals surface area (Å²) < 4.78 is 0. The van der Waals surface area contributed by atoms with Gasteiger partial charge in [-0.1, -0.05) is 13.8 Å². The Balaban J connectivity index is 4.32. The van der Waals surface area contributed by atoms with Gasteiger partial charge in [0.2, 0.25) is 5.91 Å². The average molecular weight is 301 g/mol. The van der Waals surface area contributed by atoms with Gasteiger partial charge in [-0.3, -0.25) is 14.4 Å². The summed E-state index contributed by atoms with van der Waals surface area (Å²) in [7, 11) is 1.59. The van der Waals surface area contributed by atoms with E-state index >= 15 is 0 Å². The van der Waals surface area contributed by atoms with Crippen LogP contribution in [0.15, 0.2) is 0 Å². The maximum absolute atomic E-state index is 12.2. The van der Waals surface area contributed by atoms with Crippen LogP contribution in [-0.2, 0) is 14.4 Å². The number of amides is 1. The molecule has 0 heterocycles. The summed E-state index contributed by atoms with van der Waals surface area (Å²) in [4.78, 5) is 34.9. The number of hydrogen-bond acceptors (Lipinski definition) is 4. The zero-order valence-electron chi connectivity index (χ0n) is 12.9. The first kappa shape index (κ1) is 19.2. The van der Waals surface area contributed by atoms with E-state index in [1.807, 2.05) is 6.92 Å². The standard InChI is InChI=1S/C15H27NO3S/c1-4-13(17)8-6-12(7-9-15(19)16-3)14(18)10-11-20-5-2/h12H,4-11H2,1-3H3,(H,16,19). The Bertz CT molecular complexity index is 298. The van der Waals surface area contributed by atoms with Crippen molar-refractivity contribution in [2.24, 2.45) is 5.92 Å². The van der Waals surface area contributed by atoms with E-state index in [0.29, 0.717) is 38.5 Å². The normalized spacial score (nSPS) is 11.9. The van der Waals surface area contributed by atoms with Crippen molar-refractivity contribution in [3.05, 3.63) is 0 Å². The van der Waals surface area contributed by atoms with E-state index in [0.717, 1.165) is 11.5 Å². The fraction of sp³-hybridized carbons (Fsp3) is 0.800. The molecule has 1 atom stereocenters. The molecule has 0 fully saturated rings. The first-order valence-corrected chi connectivity index (χ1v) is 8.53. The van der Waals surface area contributed by atoms with Crippen LogP contribution in [0, 0.1) is 5.92 Å². The third-order valence-corrected chi connectivity index (χ3v) is 4.22. The Morgan fingerprint density at radius 2 is 1.70 bits per heavy atom. The number of carbonyl (C=O) groups excluding carboxylic acids is 3. The van der Waals surface area contributed by atoms with Crippen molar-refractivity contribution in [1.29, 1.82) is 0 Å². The molecule has 0 aromatic heterocycles. The van der Waals surface area contributed by atoms with E-state index in [-0.39, 0.29) is 23.4 Å². The molecule has 0 aromatic rings. The first-order valence-electron chi connectivity index (χ1n) is 7.37. The second-order valence-electron chi connectivity index (χ2n) is 4.75. The van der Waals surface area contributed by atoms with Crippen molar-refractivity contribution in [2.45, 2.75) is 52.4 Å². The number of nitrogens with one attached hydrogen (secondary N) is 1. The van der Waals surface area contributed by atoms with E-state index in [9.17, 15) is 14.4 Å². The highest BCUT2D eigenvalue weighted by Crippen LogP contribution is 2.19. The summed E-state index contributed by atoms with van der Waals surface area (Å²) in [5.41, 5.74) is 0. The zero-order valence-corrected chi connectivity index (χ0v) is 13.7. The van der Waals surface area contributed by atoms with Crippen LogP contribution in [0.3, 0.4) is 0 Å². The molecule has 116 valence electrons.